The fraction of sp³-hybridized carbons (Fsp3) is 0.333. The fourth-order valence-corrected chi connectivity index (χ4v) is 1.53. The standard InChI is InChI=1S/C12H14F2N2OS/c1-7(11(15)18)6-16(2)12(17)9-4-3-8(13)5-10(9)14/h3-5,7H,6H2,1-2H3,(H2,15,18). The van der Waals surface area contributed by atoms with Gasteiger partial charge in [-0.25, -0.2) is 8.78 Å². The van der Waals surface area contributed by atoms with Gasteiger partial charge in [0.2, 0.25) is 0 Å². The Kier molecular flexibility index (Phi) is 4.72. The summed E-state index contributed by atoms with van der Waals surface area (Å²) >= 11 is 4.80. The van der Waals surface area contributed by atoms with Gasteiger partial charge < -0.3 is 10.6 Å². The maximum Gasteiger partial charge on any atom is 0.256 e. The molecule has 18 heavy (non-hydrogen) atoms. The second kappa shape index (κ2) is 5.86. The van der Waals surface area contributed by atoms with Gasteiger partial charge in [-0.15, -0.1) is 0 Å². The molecular formula is C12H14F2N2OS. The number of nitrogens with zero attached hydrogens (tertiary/aromatic N) is 1. The smallest absolute Gasteiger partial charge is 0.256 e. The Bertz CT molecular complexity index is 479. The molecular weight excluding hydrogens is 258 g/mol. The number of thiocarbonyl (C=S) groups is 1. The third-order valence-electron chi connectivity index (χ3n) is 2.54. The number of benzene rings is 1. The number of carbonyl (C=O) groups excluding carboxylic acids is 1. The van der Waals surface area contributed by atoms with Crippen molar-refractivity contribution >= 4 is 23.1 Å². The Morgan fingerprint density at radius 1 is 1.50 bits per heavy atom. The number of halogens is 2. The summed E-state index contributed by atoms with van der Waals surface area (Å²) in [6.45, 7) is 2.05. The molecule has 0 aliphatic rings. The number of carbonyl (C=O) groups is 1. The second-order valence-corrected chi connectivity index (χ2v) is 4.58. The molecule has 1 unspecified atom stereocenters. The Balaban J connectivity index is 2.83. The predicted molar refractivity (Wildman–Crippen MR) is 69.3 cm³/mol. The van der Waals surface area contributed by atoms with Crippen molar-refractivity contribution in [2.24, 2.45) is 11.7 Å². The highest BCUT2D eigenvalue weighted by Gasteiger charge is 2.19. The highest BCUT2D eigenvalue weighted by molar-refractivity contribution is 7.80. The summed E-state index contributed by atoms with van der Waals surface area (Å²) in [5, 5.41) is 0. The molecule has 2 N–H and O–H groups in total. The summed E-state index contributed by atoms with van der Waals surface area (Å²) in [5.41, 5.74) is 5.27. The number of amides is 1. The largest absolute Gasteiger partial charge is 0.393 e. The van der Waals surface area contributed by atoms with E-state index >= 15 is 0 Å². The molecule has 0 saturated carbocycles. The van der Waals surface area contributed by atoms with Crippen LogP contribution in [0.15, 0.2) is 18.2 Å². The molecule has 0 radical (unpaired) electrons. The van der Waals surface area contributed by atoms with Gasteiger partial charge in [-0.05, 0) is 12.1 Å². The van der Waals surface area contributed by atoms with E-state index in [1.54, 1.807) is 6.92 Å². The van der Waals surface area contributed by atoms with E-state index < -0.39 is 17.5 Å². The molecule has 1 amide bonds. The molecule has 0 saturated heterocycles. The first-order chi connectivity index (χ1) is 8.32. The van der Waals surface area contributed by atoms with Crippen molar-refractivity contribution in [1.29, 1.82) is 0 Å². The second-order valence-electron chi connectivity index (χ2n) is 4.11. The molecule has 0 bridgehead atoms. The van der Waals surface area contributed by atoms with Gasteiger partial charge in [-0.1, -0.05) is 19.1 Å². The molecule has 0 aliphatic heterocycles. The normalized spacial score (nSPS) is 12.0. The highest BCUT2D eigenvalue weighted by atomic mass is 32.1. The first kappa shape index (κ1) is 14.5. The molecule has 6 heteroatoms. The summed E-state index contributed by atoms with van der Waals surface area (Å²) < 4.78 is 26.1. The zero-order valence-electron chi connectivity index (χ0n) is 10.1. The number of rotatable bonds is 4. The molecule has 1 aromatic carbocycles. The number of hydrogen-bond acceptors (Lipinski definition) is 2. The first-order valence-corrected chi connectivity index (χ1v) is 5.73. The molecule has 1 atom stereocenters. The quantitative estimate of drug-likeness (QED) is 0.852. The molecule has 98 valence electrons. The third kappa shape index (κ3) is 3.46. The van der Waals surface area contributed by atoms with Gasteiger partial charge in [-0.3, -0.25) is 4.79 Å². The lowest BCUT2D eigenvalue weighted by atomic mass is 10.1. The topological polar surface area (TPSA) is 46.3 Å². The van der Waals surface area contributed by atoms with Gasteiger partial charge in [0.1, 0.15) is 11.6 Å². The van der Waals surface area contributed by atoms with Crippen molar-refractivity contribution in [3.8, 4) is 0 Å². The van der Waals surface area contributed by atoms with E-state index in [0.29, 0.717) is 6.07 Å². The van der Waals surface area contributed by atoms with Crippen LogP contribution in [0.1, 0.15) is 17.3 Å². The van der Waals surface area contributed by atoms with Gasteiger partial charge in [-0.2, -0.15) is 0 Å². The van der Waals surface area contributed by atoms with Crippen LogP contribution in [0, 0.1) is 17.6 Å². The minimum Gasteiger partial charge on any atom is -0.393 e. The lowest BCUT2D eigenvalue weighted by Gasteiger charge is -2.21. The maximum absolute atomic E-state index is 13.4. The van der Waals surface area contributed by atoms with E-state index in [0.717, 1.165) is 12.1 Å². The predicted octanol–water partition coefficient (Wildman–Crippen LogP) is 1.96. The summed E-state index contributed by atoms with van der Waals surface area (Å²) in [4.78, 5) is 13.5. The average Bonchev–Trinajstić information content (AvgIpc) is 2.27. The van der Waals surface area contributed by atoms with Gasteiger partial charge in [0.15, 0.2) is 0 Å². The van der Waals surface area contributed by atoms with Crippen molar-refractivity contribution in [2.75, 3.05) is 13.6 Å². The fourth-order valence-electron chi connectivity index (χ4n) is 1.45. The molecule has 1 aromatic rings. The Morgan fingerprint density at radius 2 is 2.11 bits per heavy atom. The molecule has 1 rings (SSSR count). The molecule has 0 fully saturated rings. The maximum atomic E-state index is 13.4. The summed E-state index contributed by atoms with van der Waals surface area (Å²) in [5.74, 6) is -2.30. The zero-order valence-corrected chi connectivity index (χ0v) is 10.9. The van der Waals surface area contributed by atoms with E-state index in [1.165, 1.54) is 11.9 Å². The zero-order chi connectivity index (χ0) is 13.9. The highest BCUT2D eigenvalue weighted by Crippen LogP contribution is 2.12. The van der Waals surface area contributed by atoms with Crippen molar-refractivity contribution in [3.63, 3.8) is 0 Å². The van der Waals surface area contributed by atoms with Crippen LogP contribution in [-0.2, 0) is 0 Å². The monoisotopic (exact) mass is 272 g/mol. The van der Waals surface area contributed by atoms with Crippen molar-refractivity contribution in [2.45, 2.75) is 6.92 Å². The molecule has 3 nitrogen and oxygen atoms in total. The van der Waals surface area contributed by atoms with Crippen LogP contribution >= 0.6 is 12.2 Å². The van der Waals surface area contributed by atoms with E-state index in [1.807, 2.05) is 0 Å². The van der Waals surface area contributed by atoms with E-state index in [4.69, 9.17) is 18.0 Å². The Hall–Kier alpha value is -1.56. The van der Waals surface area contributed by atoms with Crippen LogP contribution < -0.4 is 5.73 Å². The van der Waals surface area contributed by atoms with Crippen LogP contribution in [0.2, 0.25) is 0 Å². The van der Waals surface area contributed by atoms with Gasteiger partial charge in [0, 0.05) is 25.6 Å². The first-order valence-electron chi connectivity index (χ1n) is 5.32. The Morgan fingerprint density at radius 3 is 2.61 bits per heavy atom. The van der Waals surface area contributed by atoms with Crippen molar-refractivity contribution < 1.29 is 13.6 Å². The van der Waals surface area contributed by atoms with Crippen LogP contribution in [-0.4, -0.2) is 29.4 Å². The van der Waals surface area contributed by atoms with Crippen LogP contribution in [0.4, 0.5) is 8.78 Å². The SMILES string of the molecule is CC(CN(C)C(=O)c1ccc(F)cc1F)C(N)=S. The Labute approximate surface area is 110 Å². The molecule has 0 spiro atoms. The minimum absolute atomic E-state index is 0.169. The average molecular weight is 272 g/mol. The third-order valence-corrected chi connectivity index (χ3v) is 2.94. The molecule has 0 aliphatic carbocycles. The van der Waals surface area contributed by atoms with Gasteiger partial charge in [0.05, 0.1) is 10.6 Å². The van der Waals surface area contributed by atoms with Crippen molar-refractivity contribution in [3.05, 3.63) is 35.4 Å². The number of nitrogens with two attached hydrogens (primary N) is 1. The minimum atomic E-state index is -0.880. The number of hydrogen-bond donors (Lipinski definition) is 1. The van der Waals surface area contributed by atoms with E-state index in [-0.39, 0.29) is 23.0 Å². The molecule has 0 aromatic heterocycles. The van der Waals surface area contributed by atoms with Crippen LogP contribution in [0.25, 0.3) is 0 Å². The summed E-state index contributed by atoms with van der Waals surface area (Å²) in [6, 6.07) is 2.84. The van der Waals surface area contributed by atoms with Gasteiger partial charge >= 0.3 is 0 Å². The van der Waals surface area contributed by atoms with E-state index in [9.17, 15) is 13.6 Å². The lowest BCUT2D eigenvalue weighted by Crippen LogP contribution is -2.35. The lowest BCUT2D eigenvalue weighted by molar-refractivity contribution is 0.0782. The van der Waals surface area contributed by atoms with Crippen LogP contribution in [0.5, 0.6) is 0 Å². The van der Waals surface area contributed by atoms with Gasteiger partial charge in [0.25, 0.3) is 5.91 Å². The molecule has 0 heterocycles. The van der Waals surface area contributed by atoms with E-state index in [2.05, 4.69) is 0 Å². The van der Waals surface area contributed by atoms with Crippen molar-refractivity contribution in [1.82, 2.24) is 4.90 Å². The van der Waals surface area contributed by atoms with Crippen LogP contribution in [0.3, 0.4) is 0 Å². The summed E-state index contributed by atoms with van der Waals surface area (Å²) in [7, 11) is 1.51. The summed E-state index contributed by atoms with van der Waals surface area (Å²) in [6.07, 6.45) is 0.